The van der Waals surface area contributed by atoms with Crippen LogP contribution in [0.15, 0.2) is 40.2 Å². The van der Waals surface area contributed by atoms with Gasteiger partial charge in [-0.3, -0.25) is 24.3 Å². The molecule has 6 rings (SSSR count). The Balaban J connectivity index is 1.29. The van der Waals surface area contributed by atoms with Crippen LogP contribution in [0, 0.1) is 0 Å². The van der Waals surface area contributed by atoms with E-state index in [-0.39, 0.29) is 22.6 Å². The number of H-pyrrole nitrogens is 2. The van der Waals surface area contributed by atoms with E-state index in [0.717, 1.165) is 24.4 Å². The molecule has 6 heterocycles. The number of fused-ring (bicyclic) bond motifs is 5. The second kappa shape index (κ2) is 8.35. The predicted molar refractivity (Wildman–Crippen MR) is 138 cm³/mol. The maximum Gasteiger partial charge on any atom is 0.264 e. The molecular formula is C24H24N8O3S. The van der Waals surface area contributed by atoms with Crippen molar-refractivity contribution >= 4 is 44.0 Å². The average Bonchev–Trinajstić information content (AvgIpc) is 3.51. The van der Waals surface area contributed by atoms with Crippen molar-refractivity contribution in [2.75, 3.05) is 19.6 Å². The summed E-state index contributed by atoms with van der Waals surface area (Å²) in [4.78, 5) is 48.2. The van der Waals surface area contributed by atoms with Crippen LogP contribution in [0.3, 0.4) is 0 Å². The molecule has 5 aromatic heterocycles. The Bertz CT molecular complexity index is 1740. The van der Waals surface area contributed by atoms with Crippen molar-refractivity contribution < 1.29 is 4.79 Å². The Hall–Kier alpha value is -3.90. The predicted octanol–water partition coefficient (Wildman–Crippen LogP) is 2.14. The van der Waals surface area contributed by atoms with Gasteiger partial charge in [0.05, 0.1) is 16.0 Å². The van der Waals surface area contributed by atoms with Crippen LogP contribution in [-0.4, -0.2) is 65.8 Å². The number of rotatable bonds is 5. The first-order chi connectivity index (χ1) is 17.3. The molecule has 1 saturated heterocycles. The van der Waals surface area contributed by atoms with E-state index in [1.54, 1.807) is 22.8 Å². The molecule has 3 N–H and O–H groups in total. The summed E-state index contributed by atoms with van der Waals surface area (Å²) in [5.74, 6) is -0.230. The fraction of sp³-hybridized carbons (Fsp3) is 0.333. The Morgan fingerprint density at radius 3 is 2.86 bits per heavy atom. The number of nitrogens with zero attached hydrogens (tertiary/aromatic N) is 5. The van der Waals surface area contributed by atoms with E-state index >= 15 is 0 Å². The van der Waals surface area contributed by atoms with Crippen molar-refractivity contribution in [2.24, 2.45) is 0 Å². The minimum Gasteiger partial charge on any atom is -0.351 e. The molecule has 0 radical (unpaired) electrons. The van der Waals surface area contributed by atoms with Crippen LogP contribution in [0.4, 0.5) is 0 Å². The third-order valence-electron chi connectivity index (χ3n) is 6.83. The van der Waals surface area contributed by atoms with Gasteiger partial charge in [0.1, 0.15) is 26.9 Å². The normalized spacial score (nSPS) is 15.8. The molecule has 0 saturated carbocycles. The standard InChI is InChI=1S/C24H24N8O3S/c1-24(2)6-3-8-31(24)9-7-25-21(34)13-10-15-19(26-11-13)20-18(22(35)27-15)23-32(30-20)12-16(36-23)14-4-5-17(33)29-28-14/h4-5,10-12H,3,6-9H2,1-2H3,(H,25,34)(H,27,35)(H,29,33). The lowest BCUT2D eigenvalue weighted by Gasteiger charge is -2.31. The number of aromatic amines is 2. The first kappa shape index (κ1) is 22.6. The van der Waals surface area contributed by atoms with Gasteiger partial charge < -0.3 is 10.3 Å². The first-order valence-corrected chi connectivity index (χ1v) is 12.6. The van der Waals surface area contributed by atoms with Crippen molar-refractivity contribution in [3.8, 4) is 10.6 Å². The first-order valence-electron chi connectivity index (χ1n) is 11.7. The van der Waals surface area contributed by atoms with E-state index < -0.39 is 0 Å². The summed E-state index contributed by atoms with van der Waals surface area (Å²) < 4.78 is 1.62. The molecule has 1 aliphatic heterocycles. The maximum absolute atomic E-state index is 13.0. The number of thiazole rings is 1. The fourth-order valence-corrected chi connectivity index (χ4v) is 5.92. The number of pyridine rings is 2. The van der Waals surface area contributed by atoms with Crippen molar-refractivity contribution in [2.45, 2.75) is 32.2 Å². The SMILES string of the molecule is CC1(C)CCCN1CCNC(=O)c1cnc2c(c1)[nH]c(=O)c1c2nn2cc(-c3ccc(=O)[nH]n3)sc12. The molecule has 36 heavy (non-hydrogen) atoms. The van der Waals surface area contributed by atoms with Gasteiger partial charge in [-0.25, -0.2) is 9.61 Å². The van der Waals surface area contributed by atoms with Crippen molar-refractivity contribution in [1.29, 1.82) is 0 Å². The molecule has 12 heteroatoms. The lowest BCUT2D eigenvalue weighted by molar-refractivity contribution is 0.0940. The Morgan fingerprint density at radius 1 is 1.25 bits per heavy atom. The summed E-state index contributed by atoms with van der Waals surface area (Å²) in [6, 6.07) is 4.65. The van der Waals surface area contributed by atoms with E-state index in [2.05, 4.69) is 49.3 Å². The summed E-state index contributed by atoms with van der Waals surface area (Å²) in [5.41, 5.74) is 1.95. The van der Waals surface area contributed by atoms with Gasteiger partial charge in [-0.1, -0.05) is 0 Å². The van der Waals surface area contributed by atoms with Gasteiger partial charge in [0, 0.05) is 37.1 Å². The number of likely N-dealkylation sites (tertiary alicyclic amines) is 1. The topological polar surface area (TPSA) is 141 Å². The number of amides is 1. The third-order valence-corrected chi connectivity index (χ3v) is 7.95. The van der Waals surface area contributed by atoms with Gasteiger partial charge in [-0.05, 0) is 45.4 Å². The van der Waals surface area contributed by atoms with Crippen LogP contribution >= 0.6 is 11.3 Å². The lowest BCUT2D eigenvalue weighted by Crippen LogP contribution is -2.43. The summed E-state index contributed by atoms with van der Waals surface area (Å²) in [6.07, 6.45) is 5.61. The van der Waals surface area contributed by atoms with Crippen LogP contribution in [0.1, 0.15) is 37.0 Å². The molecule has 5 aromatic rings. The molecule has 0 aliphatic carbocycles. The smallest absolute Gasteiger partial charge is 0.264 e. The van der Waals surface area contributed by atoms with Crippen LogP contribution in [0.2, 0.25) is 0 Å². The number of carbonyl (C=O) groups excluding carboxylic acids is 1. The molecule has 1 aliphatic rings. The minimum absolute atomic E-state index is 0.162. The zero-order chi connectivity index (χ0) is 25.0. The Kier molecular flexibility index (Phi) is 5.23. The highest BCUT2D eigenvalue weighted by atomic mass is 32.1. The van der Waals surface area contributed by atoms with Crippen molar-refractivity contribution in [1.82, 2.24) is 40.0 Å². The van der Waals surface area contributed by atoms with Crippen LogP contribution < -0.4 is 16.4 Å². The summed E-state index contributed by atoms with van der Waals surface area (Å²) in [5, 5.41) is 14.4. The van der Waals surface area contributed by atoms with Crippen LogP contribution in [0.25, 0.3) is 37.3 Å². The molecule has 0 bridgehead atoms. The van der Waals surface area contributed by atoms with E-state index in [1.165, 1.54) is 30.0 Å². The fourth-order valence-electron chi connectivity index (χ4n) is 4.86. The molecule has 1 amide bonds. The summed E-state index contributed by atoms with van der Waals surface area (Å²) >= 11 is 1.34. The number of nitrogens with one attached hydrogen (secondary N) is 3. The highest BCUT2D eigenvalue weighted by Crippen LogP contribution is 2.32. The third kappa shape index (κ3) is 3.78. The largest absolute Gasteiger partial charge is 0.351 e. The molecule has 184 valence electrons. The molecule has 0 spiro atoms. The number of carbonyl (C=O) groups is 1. The number of hydrogen-bond acceptors (Lipinski definition) is 8. The summed E-state index contributed by atoms with van der Waals surface area (Å²) in [6.45, 7) is 6.84. The lowest BCUT2D eigenvalue weighted by atomic mass is 10.0. The van der Waals surface area contributed by atoms with Gasteiger partial charge >= 0.3 is 0 Å². The average molecular weight is 505 g/mol. The van der Waals surface area contributed by atoms with Crippen molar-refractivity contribution in [3.05, 3.63) is 56.9 Å². The molecule has 0 atom stereocenters. The second-order valence-corrected chi connectivity index (χ2v) is 10.6. The van der Waals surface area contributed by atoms with Gasteiger partial charge in [0.25, 0.3) is 17.0 Å². The van der Waals surface area contributed by atoms with Gasteiger partial charge in [0.2, 0.25) is 0 Å². The van der Waals surface area contributed by atoms with Crippen LogP contribution in [-0.2, 0) is 0 Å². The molecule has 1 fully saturated rings. The highest BCUT2D eigenvalue weighted by molar-refractivity contribution is 7.21. The second-order valence-electron chi connectivity index (χ2n) is 9.61. The Morgan fingerprint density at radius 2 is 2.11 bits per heavy atom. The number of aromatic nitrogens is 6. The van der Waals surface area contributed by atoms with E-state index in [1.807, 2.05) is 0 Å². The van der Waals surface area contributed by atoms with E-state index in [9.17, 15) is 14.4 Å². The molecule has 0 aromatic carbocycles. The monoisotopic (exact) mass is 504 g/mol. The zero-order valence-electron chi connectivity index (χ0n) is 19.8. The van der Waals surface area contributed by atoms with Gasteiger partial charge in [-0.15, -0.1) is 11.3 Å². The van der Waals surface area contributed by atoms with Gasteiger partial charge in [0.15, 0.2) is 0 Å². The molecule has 0 unspecified atom stereocenters. The van der Waals surface area contributed by atoms with Crippen molar-refractivity contribution in [3.63, 3.8) is 0 Å². The molecular weight excluding hydrogens is 480 g/mol. The highest BCUT2D eigenvalue weighted by Gasteiger charge is 2.31. The Labute approximate surface area is 208 Å². The maximum atomic E-state index is 13.0. The van der Waals surface area contributed by atoms with E-state index in [0.29, 0.717) is 44.6 Å². The molecule has 11 nitrogen and oxygen atoms in total. The quantitative estimate of drug-likeness (QED) is 0.333. The zero-order valence-corrected chi connectivity index (χ0v) is 20.6. The number of hydrogen-bond donors (Lipinski definition) is 3. The summed E-state index contributed by atoms with van der Waals surface area (Å²) in [7, 11) is 0. The van der Waals surface area contributed by atoms with E-state index in [4.69, 9.17) is 0 Å². The van der Waals surface area contributed by atoms with Crippen LogP contribution in [0.5, 0.6) is 0 Å². The minimum atomic E-state index is -0.314. The van der Waals surface area contributed by atoms with Gasteiger partial charge in [-0.2, -0.15) is 10.2 Å².